The number of aromatic nitrogens is 1. The van der Waals surface area contributed by atoms with Gasteiger partial charge in [0.05, 0.1) is 11.7 Å². The molecule has 2 aromatic rings. The molecule has 90 valence electrons. The third-order valence-corrected chi connectivity index (χ3v) is 4.00. The van der Waals surface area contributed by atoms with Gasteiger partial charge >= 0.3 is 0 Å². The van der Waals surface area contributed by atoms with Crippen LogP contribution in [0, 0.1) is 0 Å². The number of hydrogen-bond acceptors (Lipinski definition) is 4. The topological polar surface area (TPSA) is 42.2 Å². The quantitative estimate of drug-likeness (QED) is 0.903. The molecule has 3 nitrogen and oxygen atoms in total. The molecule has 1 unspecified atom stereocenters. The molecular formula is C13H17N3S. The van der Waals surface area contributed by atoms with Gasteiger partial charge in [0.15, 0.2) is 0 Å². The highest BCUT2D eigenvalue weighted by atomic mass is 32.1. The number of thiophene rings is 1. The van der Waals surface area contributed by atoms with Crippen LogP contribution in [0.25, 0.3) is 0 Å². The van der Waals surface area contributed by atoms with Crippen LogP contribution in [0.5, 0.6) is 0 Å². The fourth-order valence-corrected chi connectivity index (χ4v) is 2.57. The van der Waals surface area contributed by atoms with Crippen LogP contribution in [-0.4, -0.2) is 12.0 Å². The van der Waals surface area contributed by atoms with Crippen molar-refractivity contribution in [3.63, 3.8) is 0 Å². The molecule has 2 aromatic heterocycles. The molecule has 0 bridgehead atoms. The van der Waals surface area contributed by atoms with E-state index in [9.17, 15) is 0 Å². The Labute approximate surface area is 106 Å². The van der Waals surface area contributed by atoms with Gasteiger partial charge < -0.3 is 10.6 Å². The summed E-state index contributed by atoms with van der Waals surface area (Å²) in [4.78, 5) is 7.82. The van der Waals surface area contributed by atoms with Gasteiger partial charge in [0.1, 0.15) is 0 Å². The summed E-state index contributed by atoms with van der Waals surface area (Å²) in [5.74, 6) is 0. The van der Waals surface area contributed by atoms with Crippen LogP contribution < -0.4 is 10.6 Å². The SMILES string of the molecule is CC(c1cccs1)N(C)c1ccnc(CN)c1. The average Bonchev–Trinajstić information content (AvgIpc) is 2.91. The van der Waals surface area contributed by atoms with Crippen molar-refractivity contribution in [2.45, 2.75) is 19.5 Å². The minimum absolute atomic E-state index is 0.364. The van der Waals surface area contributed by atoms with Gasteiger partial charge in [-0.25, -0.2) is 0 Å². The zero-order valence-electron chi connectivity index (χ0n) is 10.1. The molecule has 17 heavy (non-hydrogen) atoms. The molecule has 0 fully saturated rings. The monoisotopic (exact) mass is 247 g/mol. The Morgan fingerprint density at radius 1 is 1.47 bits per heavy atom. The van der Waals surface area contributed by atoms with Crippen molar-refractivity contribution in [2.75, 3.05) is 11.9 Å². The number of nitrogens with two attached hydrogens (primary N) is 1. The lowest BCUT2D eigenvalue weighted by molar-refractivity contribution is 0.752. The van der Waals surface area contributed by atoms with E-state index in [1.807, 2.05) is 18.3 Å². The average molecular weight is 247 g/mol. The molecule has 1 atom stereocenters. The summed E-state index contributed by atoms with van der Waals surface area (Å²) in [7, 11) is 2.10. The fourth-order valence-electron chi connectivity index (χ4n) is 1.74. The Kier molecular flexibility index (Phi) is 3.76. The molecule has 0 aliphatic heterocycles. The van der Waals surface area contributed by atoms with Crippen LogP contribution in [0.3, 0.4) is 0 Å². The number of anilines is 1. The zero-order chi connectivity index (χ0) is 12.3. The zero-order valence-corrected chi connectivity index (χ0v) is 10.9. The maximum Gasteiger partial charge on any atom is 0.0603 e. The first-order chi connectivity index (χ1) is 8.22. The first kappa shape index (κ1) is 12.1. The highest BCUT2D eigenvalue weighted by molar-refractivity contribution is 7.10. The van der Waals surface area contributed by atoms with Gasteiger partial charge in [-0.05, 0) is 30.5 Å². The fraction of sp³-hybridized carbons (Fsp3) is 0.308. The van der Waals surface area contributed by atoms with E-state index in [0.29, 0.717) is 12.6 Å². The summed E-state index contributed by atoms with van der Waals surface area (Å²) in [5.41, 5.74) is 7.69. The first-order valence-corrected chi connectivity index (χ1v) is 6.51. The smallest absolute Gasteiger partial charge is 0.0603 e. The van der Waals surface area contributed by atoms with Gasteiger partial charge in [0.2, 0.25) is 0 Å². The predicted molar refractivity (Wildman–Crippen MR) is 73.3 cm³/mol. The maximum atomic E-state index is 5.61. The third kappa shape index (κ3) is 2.65. The number of rotatable bonds is 4. The standard InChI is InChI=1S/C13H17N3S/c1-10(13-4-3-7-17-13)16(2)12-5-6-15-11(8-12)9-14/h3-8,10H,9,14H2,1-2H3. The summed E-state index contributed by atoms with van der Waals surface area (Å²) >= 11 is 1.78. The highest BCUT2D eigenvalue weighted by Gasteiger charge is 2.13. The second-order valence-corrected chi connectivity index (χ2v) is 4.99. The van der Waals surface area contributed by atoms with Crippen LogP contribution in [-0.2, 0) is 6.54 Å². The van der Waals surface area contributed by atoms with Crippen LogP contribution in [0.2, 0.25) is 0 Å². The number of hydrogen-bond donors (Lipinski definition) is 1. The van der Waals surface area contributed by atoms with Gasteiger partial charge in [-0.3, -0.25) is 4.98 Å². The Morgan fingerprint density at radius 2 is 2.29 bits per heavy atom. The van der Waals surface area contributed by atoms with E-state index in [-0.39, 0.29) is 0 Å². The predicted octanol–water partition coefficient (Wildman–Crippen LogP) is 2.80. The van der Waals surface area contributed by atoms with E-state index < -0.39 is 0 Å². The van der Waals surface area contributed by atoms with Gasteiger partial charge in [0.25, 0.3) is 0 Å². The Morgan fingerprint density at radius 3 is 2.94 bits per heavy atom. The number of nitrogens with zero attached hydrogens (tertiary/aromatic N) is 2. The molecule has 0 aliphatic rings. The van der Waals surface area contributed by atoms with Crippen molar-refractivity contribution in [3.8, 4) is 0 Å². The van der Waals surface area contributed by atoms with Gasteiger partial charge in [-0.1, -0.05) is 6.07 Å². The van der Waals surface area contributed by atoms with E-state index >= 15 is 0 Å². The lowest BCUT2D eigenvalue weighted by atomic mass is 10.2. The van der Waals surface area contributed by atoms with Crippen molar-refractivity contribution in [1.82, 2.24) is 4.98 Å². The highest BCUT2D eigenvalue weighted by Crippen LogP contribution is 2.27. The Hall–Kier alpha value is -1.39. The van der Waals surface area contributed by atoms with Crippen molar-refractivity contribution in [3.05, 3.63) is 46.4 Å². The molecule has 0 spiro atoms. The summed E-state index contributed by atoms with van der Waals surface area (Å²) in [5, 5.41) is 2.11. The second-order valence-electron chi connectivity index (χ2n) is 4.01. The summed E-state index contributed by atoms with van der Waals surface area (Å²) in [6.45, 7) is 2.68. The minimum atomic E-state index is 0.364. The molecule has 2 heterocycles. The van der Waals surface area contributed by atoms with E-state index in [1.54, 1.807) is 11.3 Å². The molecule has 0 saturated carbocycles. The van der Waals surface area contributed by atoms with E-state index in [0.717, 1.165) is 11.4 Å². The van der Waals surface area contributed by atoms with Gasteiger partial charge in [-0.2, -0.15) is 0 Å². The summed E-state index contributed by atoms with van der Waals surface area (Å²) < 4.78 is 0. The minimum Gasteiger partial charge on any atom is -0.367 e. The summed E-state index contributed by atoms with van der Waals surface area (Å²) in [6.07, 6.45) is 1.81. The Balaban J connectivity index is 2.21. The van der Waals surface area contributed by atoms with Crippen molar-refractivity contribution in [2.24, 2.45) is 5.73 Å². The lowest BCUT2D eigenvalue weighted by Gasteiger charge is -2.26. The molecule has 0 amide bonds. The lowest BCUT2D eigenvalue weighted by Crippen LogP contribution is -2.21. The van der Waals surface area contributed by atoms with Crippen molar-refractivity contribution >= 4 is 17.0 Å². The molecule has 2 rings (SSSR count). The second kappa shape index (κ2) is 5.29. The van der Waals surface area contributed by atoms with Crippen LogP contribution in [0.15, 0.2) is 35.8 Å². The molecule has 2 N–H and O–H groups in total. The number of pyridine rings is 1. The van der Waals surface area contributed by atoms with Crippen molar-refractivity contribution < 1.29 is 0 Å². The third-order valence-electron chi connectivity index (χ3n) is 2.95. The molecule has 4 heteroatoms. The molecule has 0 aromatic carbocycles. The van der Waals surface area contributed by atoms with E-state index in [4.69, 9.17) is 5.73 Å². The van der Waals surface area contributed by atoms with Crippen LogP contribution >= 0.6 is 11.3 Å². The molecular weight excluding hydrogens is 230 g/mol. The van der Waals surface area contributed by atoms with Gasteiger partial charge in [-0.15, -0.1) is 11.3 Å². The van der Waals surface area contributed by atoms with Crippen molar-refractivity contribution in [1.29, 1.82) is 0 Å². The van der Waals surface area contributed by atoms with E-state index in [2.05, 4.69) is 41.4 Å². The largest absolute Gasteiger partial charge is 0.367 e. The Bertz CT molecular complexity index is 467. The summed E-state index contributed by atoms with van der Waals surface area (Å²) in [6, 6.07) is 8.68. The first-order valence-electron chi connectivity index (χ1n) is 5.63. The normalized spacial score (nSPS) is 12.4. The molecule has 0 aliphatic carbocycles. The molecule has 0 radical (unpaired) electrons. The van der Waals surface area contributed by atoms with Gasteiger partial charge in [0, 0.05) is 30.4 Å². The maximum absolute atomic E-state index is 5.61. The molecule has 0 saturated heterocycles. The van der Waals surface area contributed by atoms with E-state index in [1.165, 1.54) is 4.88 Å². The van der Waals surface area contributed by atoms with Crippen LogP contribution in [0.4, 0.5) is 5.69 Å². The van der Waals surface area contributed by atoms with Crippen LogP contribution in [0.1, 0.15) is 23.5 Å².